The Labute approximate surface area is 116 Å². The van der Waals surface area contributed by atoms with Crippen LogP contribution >= 0.6 is 0 Å². The average molecular weight is 300 g/mol. The number of aromatic nitrogens is 2. The van der Waals surface area contributed by atoms with Crippen LogP contribution in [-0.2, 0) is 4.74 Å². The summed E-state index contributed by atoms with van der Waals surface area (Å²) in [4.78, 5) is 13.4. The number of rotatable bonds is 5. The summed E-state index contributed by atoms with van der Waals surface area (Å²) in [6, 6.07) is 0.466. The van der Waals surface area contributed by atoms with Crippen LogP contribution in [0.25, 0.3) is 11.5 Å². The Balaban J connectivity index is 2.45. The SMILES string of the molecule is COCC(N)c1noc(-c2cc(F)cc([N+](=O)[O-])c2F)n1. The summed E-state index contributed by atoms with van der Waals surface area (Å²) >= 11 is 0. The molecule has 1 unspecified atom stereocenters. The van der Waals surface area contributed by atoms with E-state index in [9.17, 15) is 18.9 Å². The van der Waals surface area contributed by atoms with Crippen LogP contribution in [0, 0.1) is 21.7 Å². The smallest absolute Gasteiger partial charge is 0.308 e. The second kappa shape index (κ2) is 5.89. The number of nitro groups is 1. The van der Waals surface area contributed by atoms with Crippen molar-refractivity contribution in [2.24, 2.45) is 5.73 Å². The molecule has 1 aromatic heterocycles. The monoisotopic (exact) mass is 300 g/mol. The molecule has 2 aromatic rings. The Morgan fingerprint density at radius 1 is 1.52 bits per heavy atom. The topological polar surface area (TPSA) is 117 Å². The molecule has 2 N–H and O–H groups in total. The van der Waals surface area contributed by atoms with E-state index in [1.54, 1.807) is 0 Å². The molecular formula is C11H10F2N4O4. The van der Waals surface area contributed by atoms with Gasteiger partial charge in [-0.25, -0.2) is 4.39 Å². The zero-order valence-corrected chi connectivity index (χ0v) is 10.7. The van der Waals surface area contributed by atoms with E-state index in [0.717, 1.165) is 6.07 Å². The molecule has 0 aliphatic heterocycles. The lowest BCUT2D eigenvalue weighted by atomic mass is 10.1. The Morgan fingerprint density at radius 2 is 2.24 bits per heavy atom. The summed E-state index contributed by atoms with van der Waals surface area (Å²) < 4.78 is 36.8. The number of nitro benzene ring substituents is 1. The molecule has 8 nitrogen and oxygen atoms in total. The highest BCUT2D eigenvalue weighted by Gasteiger charge is 2.25. The number of halogens is 2. The number of nitrogens with two attached hydrogens (primary N) is 1. The van der Waals surface area contributed by atoms with Gasteiger partial charge in [0.25, 0.3) is 5.89 Å². The van der Waals surface area contributed by atoms with Gasteiger partial charge in [-0.15, -0.1) is 0 Å². The van der Waals surface area contributed by atoms with Crippen LogP contribution < -0.4 is 5.73 Å². The first kappa shape index (κ1) is 14.9. The molecule has 10 heteroatoms. The Bertz CT molecular complexity index is 676. The van der Waals surface area contributed by atoms with Crippen molar-refractivity contribution in [2.75, 3.05) is 13.7 Å². The van der Waals surface area contributed by atoms with E-state index in [1.807, 2.05) is 0 Å². The van der Waals surface area contributed by atoms with E-state index in [1.165, 1.54) is 7.11 Å². The molecule has 21 heavy (non-hydrogen) atoms. The van der Waals surface area contributed by atoms with Crippen LogP contribution in [0.3, 0.4) is 0 Å². The fraction of sp³-hybridized carbons (Fsp3) is 0.273. The maximum atomic E-state index is 14.0. The molecule has 0 saturated carbocycles. The van der Waals surface area contributed by atoms with Gasteiger partial charge in [0.05, 0.1) is 29.2 Å². The normalized spacial score (nSPS) is 12.4. The molecule has 0 fully saturated rings. The van der Waals surface area contributed by atoms with Crippen molar-refractivity contribution in [1.29, 1.82) is 0 Å². The summed E-state index contributed by atoms with van der Waals surface area (Å²) in [5.41, 5.74) is 4.13. The number of hydrogen-bond donors (Lipinski definition) is 1. The van der Waals surface area contributed by atoms with E-state index in [2.05, 4.69) is 10.1 Å². The first-order valence-corrected chi connectivity index (χ1v) is 5.66. The lowest BCUT2D eigenvalue weighted by molar-refractivity contribution is -0.387. The number of benzene rings is 1. The van der Waals surface area contributed by atoms with Crippen LogP contribution in [0.15, 0.2) is 16.7 Å². The van der Waals surface area contributed by atoms with E-state index >= 15 is 0 Å². The van der Waals surface area contributed by atoms with E-state index in [4.69, 9.17) is 15.0 Å². The first-order chi connectivity index (χ1) is 9.93. The van der Waals surface area contributed by atoms with E-state index in [0.29, 0.717) is 6.07 Å². The molecule has 0 spiro atoms. The van der Waals surface area contributed by atoms with Crippen molar-refractivity contribution < 1.29 is 23.0 Å². The number of nitrogens with zero attached hydrogens (tertiary/aromatic N) is 3. The summed E-state index contributed by atoms with van der Waals surface area (Å²) in [5.74, 6) is -2.66. The molecule has 112 valence electrons. The maximum absolute atomic E-state index is 14.0. The molecule has 1 atom stereocenters. The number of hydrogen-bond acceptors (Lipinski definition) is 7. The van der Waals surface area contributed by atoms with Gasteiger partial charge in [-0.2, -0.15) is 9.37 Å². The second-order valence-electron chi connectivity index (χ2n) is 4.06. The molecule has 0 aliphatic carbocycles. The molecule has 0 amide bonds. The van der Waals surface area contributed by atoms with Gasteiger partial charge in [-0.1, -0.05) is 5.16 Å². The zero-order valence-electron chi connectivity index (χ0n) is 10.7. The van der Waals surface area contributed by atoms with Crippen molar-refractivity contribution in [3.63, 3.8) is 0 Å². The number of methoxy groups -OCH3 is 1. The lowest BCUT2D eigenvalue weighted by Crippen LogP contribution is -2.17. The quantitative estimate of drug-likeness (QED) is 0.657. The summed E-state index contributed by atoms with van der Waals surface area (Å²) in [5, 5.41) is 14.2. The molecule has 0 radical (unpaired) electrons. The van der Waals surface area contributed by atoms with Crippen molar-refractivity contribution in [1.82, 2.24) is 10.1 Å². The first-order valence-electron chi connectivity index (χ1n) is 5.66. The Morgan fingerprint density at radius 3 is 2.86 bits per heavy atom. The predicted molar refractivity (Wildman–Crippen MR) is 65.1 cm³/mol. The largest absolute Gasteiger partial charge is 0.383 e. The van der Waals surface area contributed by atoms with Gasteiger partial charge in [0.15, 0.2) is 5.82 Å². The maximum Gasteiger partial charge on any atom is 0.308 e. The van der Waals surface area contributed by atoms with Gasteiger partial charge < -0.3 is 15.0 Å². The van der Waals surface area contributed by atoms with E-state index < -0.39 is 39.7 Å². The minimum atomic E-state index is -1.27. The van der Waals surface area contributed by atoms with Crippen LogP contribution in [0.5, 0.6) is 0 Å². The Hall–Kier alpha value is -2.46. The van der Waals surface area contributed by atoms with Crippen molar-refractivity contribution >= 4 is 5.69 Å². The zero-order chi connectivity index (χ0) is 15.6. The molecule has 1 heterocycles. The Kier molecular flexibility index (Phi) is 4.19. The van der Waals surface area contributed by atoms with Gasteiger partial charge in [0, 0.05) is 7.11 Å². The molecular weight excluding hydrogens is 290 g/mol. The van der Waals surface area contributed by atoms with Crippen LogP contribution in [-0.4, -0.2) is 28.8 Å². The molecule has 0 bridgehead atoms. The van der Waals surface area contributed by atoms with Gasteiger partial charge in [0.2, 0.25) is 5.82 Å². The van der Waals surface area contributed by atoms with E-state index in [-0.39, 0.29) is 12.4 Å². The third-order valence-corrected chi connectivity index (χ3v) is 2.56. The van der Waals surface area contributed by atoms with Gasteiger partial charge in [0.1, 0.15) is 5.82 Å². The third kappa shape index (κ3) is 3.01. The second-order valence-corrected chi connectivity index (χ2v) is 4.06. The van der Waals surface area contributed by atoms with Crippen molar-refractivity contribution in [3.05, 3.63) is 39.7 Å². The highest BCUT2D eigenvalue weighted by molar-refractivity contribution is 5.59. The lowest BCUT2D eigenvalue weighted by Gasteiger charge is -2.03. The van der Waals surface area contributed by atoms with Crippen LogP contribution in [0.1, 0.15) is 11.9 Å². The summed E-state index contributed by atoms with van der Waals surface area (Å²) in [7, 11) is 1.41. The van der Waals surface area contributed by atoms with Gasteiger partial charge in [-0.05, 0) is 6.07 Å². The third-order valence-electron chi connectivity index (χ3n) is 2.56. The standard InChI is InChI=1S/C11H10F2N4O4/c1-20-4-7(14)10-15-11(21-16-10)6-2-5(12)3-8(9(6)13)17(18)19/h2-3,7H,4,14H2,1H3. The van der Waals surface area contributed by atoms with Crippen molar-refractivity contribution in [3.8, 4) is 11.5 Å². The van der Waals surface area contributed by atoms with Crippen LogP contribution in [0.2, 0.25) is 0 Å². The number of ether oxygens (including phenoxy) is 1. The molecule has 0 saturated heterocycles. The molecule has 0 aliphatic rings. The van der Waals surface area contributed by atoms with Gasteiger partial charge >= 0.3 is 5.69 Å². The van der Waals surface area contributed by atoms with Crippen molar-refractivity contribution in [2.45, 2.75) is 6.04 Å². The summed E-state index contributed by atoms with van der Waals surface area (Å²) in [6.07, 6.45) is 0. The molecule has 2 rings (SSSR count). The highest BCUT2D eigenvalue weighted by atomic mass is 19.1. The fourth-order valence-electron chi connectivity index (χ4n) is 1.61. The average Bonchev–Trinajstić information content (AvgIpc) is 2.90. The predicted octanol–water partition coefficient (Wildman–Crippen LogP) is 1.57. The summed E-state index contributed by atoms with van der Waals surface area (Å²) in [6.45, 7) is 0.0880. The van der Waals surface area contributed by atoms with Gasteiger partial charge in [-0.3, -0.25) is 10.1 Å². The highest BCUT2D eigenvalue weighted by Crippen LogP contribution is 2.29. The minimum Gasteiger partial charge on any atom is -0.383 e. The molecule has 1 aromatic carbocycles. The minimum absolute atomic E-state index is 0.0122. The fourth-order valence-corrected chi connectivity index (χ4v) is 1.61. The van der Waals surface area contributed by atoms with Crippen LogP contribution in [0.4, 0.5) is 14.5 Å².